The summed E-state index contributed by atoms with van der Waals surface area (Å²) in [5, 5.41) is 0.602. The highest BCUT2D eigenvalue weighted by atomic mass is 35.5. The van der Waals surface area contributed by atoms with Crippen molar-refractivity contribution in [3.8, 4) is 17.2 Å². The van der Waals surface area contributed by atoms with Crippen molar-refractivity contribution in [2.45, 2.75) is 26.9 Å². The maximum atomic E-state index is 12.2. The standard InChI is InChI=1S/C19H19ClN2O5/c1-10-6-14(20)7-11(2)17(10)27-12(3)18(23)21-22-19(24)13-4-5-15-16(8-13)26-9-25-15/h4-8,12H,9H2,1-3H3,(H,21,23)(H,22,24)/t12-/m1/s1. The van der Waals surface area contributed by atoms with Gasteiger partial charge in [-0.2, -0.15) is 0 Å². The number of aryl methyl sites for hydroxylation is 2. The summed E-state index contributed by atoms with van der Waals surface area (Å²) in [5.41, 5.74) is 6.69. The van der Waals surface area contributed by atoms with E-state index in [0.717, 1.165) is 11.1 Å². The van der Waals surface area contributed by atoms with Crippen LogP contribution in [0, 0.1) is 13.8 Å². The van der Waals surface area contributed by atoms with E-state index in [2.05, 4.69) is 10.9 Å². The lowest BCUT2D eigenvalue weighted by molar-refractivity contribution is -0.128. The summed E-state index contributed by atoms with van der Waals surface area (Å²) >= 11 is 6.00. The number of hydrogen-bond acceptors (Lipinski definition) is 5. The predicted octanol–water partition coefficient (Wildman–Crippen LogP) is 2.91. The third-order valence-corrected chi connectivity index (χ3v) is 4.24. The molecule has 0 fully saturated rings. The van der Waals surface area contributed by atoms with Gasteiger partial charge in [0.15, 0.2) is 17.6 Å². The number of hydrazine groups is 1. The molecule has 8 heteroatoms. The first kappa shape index (κ1) is 18.8. The molecule has 1 aliphatic rings. The Morgan fingerprint density at radius 1 is 1.07 bits per heavy atom. The van der Waals surface area contributed by atoms with Crippen LogP contribution in [0.25, 0.3) is 0 Å². The van der Waals surface area contributed by atoms with Crippen LogP contribution in [0.15, 0.2) is 30.3 Å². The Hall–Kier alpha value is -2.93. The maximum absolute atomic E-state index is 12.2. The first-order chi connectivity index (χ1) is 12.8. The quantitative estimate of drug-likeness (QED) is 0.784. The summed E-state index contributed by atoms with van der Waals surface area (Å²) in [6, 6.07) is 8.28. The molecule has 3 rings (SSSR count). The minimum Gasteiger partial charge on any atom is -0.480 e. The van der Waals surface area contributed by atoms with E-state index in [1.54, 1.807) is 37.3 Å². The fourth-order valence-corrected chi connectivity index (χ4v) is 2.97. The predicted molar refractivity (Wildman–Crippen MR) is 99.2 cm³/mol. The van der Waals surface area contributed by atoms with Gasteiger partial charge in [-0.3, -0.25) is 20.4 Å². The van der Waals surface area contributed by atoms with Crippen LogP contribution in [0.1, 0.15) is 28.4 Å². The van der Waals surface area contributed by atoms with Crippen molar-refractivity contribution in [3.05, 3.63) is 52.0 Å². The molecule has 1 aliphatic heterocycles. The molecule has 0 aromatic heterocycles. The number of hydrogen-bond donors (Lipinski definition) is 2. The van der Waals surface area contributed by atoms with Crippen molar-refractivity contribution in [2.24, 2.45) is 0 Å². The fourth-order valence-electron chi connectivity index (χ4n) is 2.64. The van der Waals surface area contributed by atoms with Crippen LogP contribution < -0.4 is 25.1 Å². The molecular weight excluding hydrogens is 372 g/mol. The Balaban J connectivity index is 1.58. The molecule has 0 saturated carbocycles. The van der Waals surface area contributed by atoms with E-state index in [1.807, 2.05) is 13.8 Å². The van der Waals surface area contributed by atoms with E-state index in [-0.39, 0.29) is 6.79 Å². The molecule has 0 aliphatic carbocycles. The SMILES string of the molecule is Cc1cc(Cl)cc(C)c1O[C@H](C)C(=O)NNC(=O)c1ccc2c(c1)OCO2. The lowest BCUT2D eigenvalue weighted by atomic mass is 10.1. The zero-order valence-corrected chi connectivity index (χ0v) is 15.8. The molecule has 0 bridgehead atoms. The summed E-state index contributed by atoms with van der Waals surface area (Å²) in [4.78, 5) is 24.4. The minimum absolute atomic E-state index is 0.121. The molecule has 2 N–H and O–H groups in total. The van der Waals surface area contributed by atoms with Crippen LogP contribution in [-0.2, 0) is 4.79 Å². The summed E-state index contributed by atoms with van der Waals surface area (Å²) in [6.45, 7) is 5.41. The van der Waals surface area contributed by atoms with Crippen molar-refractivity contribution < 1.29 is 23.8 Å². The smallest absolute Gasteiger partial charge is 0.279 e. The lowest BCUT2D eigenvalue weighted by Crippen LogP contribution is -2.47. The summed E-state index contributed by atoms with van der Waals surface area (Å²) < 4.78 is 16.2. The van der Waals surface area contributed by atoms with E-state index in [0.29, 0.717) is 27.8 Å². The average molecular weight is 391 g/mol. The van der Waals surface area contributed by atoms with Crippen LogP contribution >= 0.6 is 11.6 Å². The molecule has 2 aromatic rings. The molecule has 1 atom stereocenters. The van der Waals surface area contributed by atoms with Crippen LogP contribution in [0.3, 0.4) is 0 Å². The molecule has 2 aromatic carbocycles. The number of nitrogens with one attached hydrogen (secondary N) is 2. The Kier molecular flexibility index (Phi) is 5.41. The van der Waals surface area contributed by atoms with Gasteiger partial charge in [0, 0.05) is 10.6 Å². The first-order valence-electron chi connectivity index (χ1n) is 8.28. The molecule has 0 unspecified atom stereocenters. The van der Waals surface area contributed by atoms with Gasteiger partial charge in [-0.05, 0) is 62.2 Å². The Morgan fingerprint density at radius 2 is 1.74 bits per heavy atom. The van der Waals surface area contributed by atoms with E-state index in [9.17, 15) is 9.59 Å². The molecule has 2 amide bonds. The third kappa shape index (κ3) is 4.25. The molecular formula is C19H19ClN2O5. The van der Waals surface area contributed by atoms with E-state index in [1.165, 1.54) is 0 Å². The largest absolute Gasteiger partial charge is 0.480 e. The Labute approximate surface area is 161 Å². The highest BCUT2D eigenvalue weighted by molar-refractivity contribution is 6.30. The van der Waals surface area contributed by atoms with Gasteiger partial charge in [0.2, 0.25) is 6.79 Å². The molecule has 0 saturated heterocycles. The summed E-state index contributed by atoms with van der Waals surface area (Å²) in [6.07, 6.45) is -0.819. The summed E-state index contributed by atoms with van der Waals surface area (Å²) in [5.74, 6) is 0.681. The normalized spacial score (nSPS) is 13.0. The van der Waals surface area contributed by atoms with Crippen molar-refractivity contribution in [2.75, 3.05) is 6.79 Å². The zero-order valence-electron chi connectivity index (χ0n) is 15.1. The topological polar surface area (TPSA) is 85.9 Å². The van der Waals surface area contributed by atoms with Crippen LogP contribution in [0.2, 0.25) is 5.02 Å². The van der Waals surface area contributed by atoms with E-state index in [4.69, 9.17) is 25.8 Å². The van der Waals surface area contributed by atoms with Crippen LogP contribution in [0.5, 0.6) is 17.2 Å². The molecule has 0 spiro atoms. The van der Waals surface area contributed by atoms with Gasteiger partial charge in [-0.25, -0.2) is 0 Å². The minimum atomic E-state index is -0.819. The van der Waals surface area contributed by atoms with Gasteiger partial charge in [0.25, 0.3) is 11.8 Å². The van der Waals surface area contributed by atoms with Crippen molar-refractivity contribution in [1.82, 2.24) is 10.9 Å². The second kappa shape index (κ2) is 7.75. The molecule has 0 radical (unpaired) electrons. The number of fused-ring (bicyclic) bond motifs is 1. The van der Waals surface area contributed by atoms with Crippen molar-refractivity contribution in [1.29, 1.82) is 0 Å². The van der Waals surface area contributed by atoms with Gasteiger partial charge in [-0.15, -0.1) is 0 Å². The number of rotatable bonds is 4. The summed E-state index contributed by atoms with van der Waals surface area (Å²) in [7, 11) is 0. The molecule has 142 valence electrons. The van der Waals surface area contributed by atoms with E-state index >= 15 is 0 Å². The van der Waals surface area contributed by atoms with Crippen LogP contribution in [-0.4, -0.2) is 24.7 Å². The Bertz CT molecular complexity index is 877. The molecule has 1 heterocycles. The first-order valence-corrected chi connectivity index (χ1v) is 8.66. The number of ether oxygens (including phenoxy) is 3. The average Bonchev–Trinajstić information content (AvgIpc) is 3.09. The monoisotopic (exact) mass is 390 g/mol. The second-order valence-electron chi connectivity index (χ2n) is 6.14. The highest BCUT2D eigenvalue weighted by Gasteiger charge is 2.20. The van der Waals surface area contributed by atoms with Gasteiger partial charge < -0.3 is 14.2 Å². The van der Waals surface area contributed by atoms with Crippen molar-refractivity contribution in [3.63, 3.8) is 0 Å². The fraction of sp³-hybridized carbons (Fsp3) is 0.263. The zero-order chi connectivity index (χ0) is 19.6. The van der Waals surface area contributed by atoms with Gasteiger partial charge in [0.1, 0.15) is 5.75 Å². The number of amides is 2. The third-order valence-electron chi connectivity index (χ3n) is 4.02. The highest BCUT2D eigenvalue weighted by Crippen LogP contribution is 2.32. The number of halogens is 1. The molecule has 7 nitrogen and oxygen atoms in total. The number of benzene rings is 2. The lowest BCUT2D eigenvalue weighted by Gasteiger charge is -2.18. The van der Waals surface area contributed by atoms with E-state index < -0.39 is 17.9 Å². The number of carbonyl (C=O) groups excluding carboxylic acids is 2. The van der Waals surface area contributed by atoms with Gasteiger partial charge in [0.05, 0.1) is 0 Å². The Morgan fingerprint density at radius 3 is 2.44 bits per heavy atom. The number of carbonyl (C=O) groups is 2. The second-order valence-corrected chi connectivity index (χ2v) is 6.58. The van der Waals surface area contributed by atoms with Crippen LogP contribution in [0.4, 0.5) is 0 Å². The van der Waals surface area contributed by atoms with Gasteiger partial charge in [-0.1, -0.05) is 11.6 Å². The molecule has 27 heavy (non-hydrogen) atoms. The van der Waals surface area contributed by atoms with Crippen molar-refractivity contribution >= 4 is 23.4 Å². The maximum Gasteiger partial charge on any atom is 0.279 e. The van der Waals surface area contributed by atoms with Gasteiger partial charge >= 0.3 is 0 Å².